The summed E-state index contributed by atoms with van der Waals surface area (Å²) in [5, 5.41) is 0. The monoisotopic (exact) mass is 237 g/mol. The molecule has 0 saturated carbocycles. The number of rotatable bonds is 2. The molecule has 17 heavy (non-hydrogen) atoms. The van der Waals surface area contributed by atoms with Gasteiger partial charge in [-0.1, -0.05) is 19.1 Å². The van der Waals surface area contributed by atoms with E-state index in [4.69, 9.17) is 10.5 Å². The van der Waals surface area contributed by atoms with Crippen molar-refractivity contribution < 1.29 is 9.13 Å². The zero-order valence-electron chi connectivity index (χ0n) is 10.6. The second-order valence-corrected chi connectivity index (χ2v) is 5.06. The maximum Gasteiger partial charge on any atom is 0.123 e. The lowest BCUT2D eigenvalue weighted by molar-refractivity contribution is 0.0489. The first-order chi connectivity index (χ1) is 8.00. The summed E-state index contributed by atoms with van der Waals surface area (Å²) in [6.07, 6.45) is 0.390. The van der Waals surface area contributed by atoms with Gasteiger partial charge in [0.15, 0.2) is 0 Å². The lowest BCUT2D eigenvalue weighted by atomic mass is 9.81. The normalized spacial score (nSPS) is 34.9. The van der Waals surface area contributed by atoms with Crippen LogP contribution >= 0.6 is 0 Å². The molecule has 0 amide bonds. The Morgan fingerprint density at radius 1 is 1.12 bits per heavy atom. The van der Waals surface area contributed by atoms with E-state index in [9.17, 15) is 4.39 Å². The minimum atomic E-state index is -0.224. The summed E-state index contributed by atoms with van der Waals surface area (Å²) < 4.78 is 18.7. The lowest BCUT2D eigenvalue weighted by Crippen LogP contribution is -2.30. The topological polar surface area (TPSA) is 35.2 Å². The molecule has 0 aromatic heterocycles. The minimum absolute atomic E-state index is 0.0921. The molecule has 2 rings (SSSR count). The van der Waals surface area contributed by atoms with Crippen LogP contribution in [0.15, 0.2) is 24.3 Å². The number of hydrogen-bond acceptors (Lipinski definition) is 2. The fourth-order valence-electron chi connectivity index (χ4n) is 2.82. The first-order valence-corrected chi connectivity index (χ1v) is 6.17. The molecule has 0 bridgehead atoms. The molecule has 5 atom stereocenters. The van der Waals surface area contributed by atoms with E-state index in [1.165, 1.54) is 12.1 Å². The molecule has 1 aliphatic rings. The first-order valence-electron chi connectivity index (χ1n) is 6.17. The second-order valence-electron chi connectivity index (χ2n) is 5.06. The van der Waals surface area contributed by atoms with Crippen LogP contribution in [0.4, 0.5) is 4.39 Å². The van der Waals surface area contributed by atoms with Gasteiger partial charge < -0.3 is 10.5 Å². The van der Waals surface area contributed by atoms with Crippen LogP contribution in [0.2, 0.25) is 0 Å². The van der Waals surface area contributed by atoms with Gasteiger partial charge in [0.25, 0.3) is 0 Å². The SMILES string of the molecule is CC1OC(C)C(C(N)c2ccc(F)cc2)C1C. The van der Waals surface area contributed by atoms with Crippen molar-refractivity contribution in [3.63, 3.8) is 0 Å². The maximum absolute atomic E-state index is 12.9. The third kappa shape index (κ3) is 2.35. The van der Waals surface area contributed by atoms with Crippen LogP contribution < -0.4 is 5.73 Å². The Morgan fingerprint density at radius 2 is 1.71 bits per heavy atom. The molecule has 1 aliphatic heterocycles. The standard InChI is InChI=1S/C14H20FNO/c1-8-9(2)17-10(3)13(8)14(16)11-4-6-12(15)7-5-11/h4-10,13-14H,16H2,1-3H3. The third-order valence-corrected chi connectivity index (χ3v) is 3.99. The number of nitrogens with two attached hydrogens (primary N) is 1. The molecule has 2 nitrogen and oxygen atoms in total. The molecule has 0 aliphatic carbocycles. The van der Waals surface area contributed by atoms with Crippen molar-refractivity contribution in [3.8, 4) is 0 Å². The molecule has 0 spiro atoms. The largest absolute Gasteiger partial charge is 0.375 e. The van der Waals surface area contributed by atoms with Crippen molar-refractivity contribution in [2.75, 3.05) is 0 Å². The van der Waals surface area contributed by atoms with Crippen molar-refractivity contribution in [1.82, 2.24) is 0 Å². The Labute approximate surface area is 102 Å². The van der Waals surface area contributed by atoms with Gasteiger partial charge in [0, 0.05) is 12.0 Å². The van der Waals surface area contributed by atoms with E-state index in [0.29, 0.717) is 5.92 Å². The van der Waals surface area contributed by atoms with Gasteiger partial charge in [-0.25, -0.2) is 4.39 Å². The molecule has 1 aromatic carbocycles. The zero-order valence-corrected chi connectivity index (χ0v) is 10.6. The highest BCUT2D eigenvalue weighted by Gasteiger charge is 2.40. The molecule has 1 heterocycles. The molecule has 1 aromatic rings. The number of ether oxygens (including phenoxy) is 1. The van der Waals surface area contributed by atoms with Crippen LogP contribution in [0, 0.1) is 17.7 Å². The van der Waals surface area contributed by atoms with Crippen molar-refractivity contribution in [1.29, 1.82) is 0 Å². The number of halogens is 1. The van der Waals surface area contributed by atoms with Gasteiger partial charge in [0.05, 0.1) is 12.2 Å². The summed E-state index contributed by atoms with van der Waals surface area (Å²) in [5.74, 6) is 0.485. The smallest absolute Gasteiger partial charge is 0.123 e. The molecule has 5 unspecified atom stereocenters. The van der Waals surface area contributed by atoms with E-state index in [2.05, 4.69) is 20.8 Å². The predicted molar refractivity (Wildman–Crippen MR) is 66.0 cm³/mol. The summed E-state index contributed by atoms with van der Waals surface area (Å²) >= 11 is 0. The lowest BCUT2D eigenvalue weighted by Gasteiger charge is -2.26. The first kappa shape index (κ1) is 12.5. The fourth-order valence-corrected chi connectivity index (χ4v) is 2.82. The van der Waals surface area contributed by atoms with Crippen LogP contribution in [0.5, 0.6) is 0 Å². The number of benzene rings is 1. The van der Waals surface area contributed by atoms with Gasteiger partial charge in [-0.3, -0.25) is 0 Å². The van der Waals surface area contributed by atoms with E-state index in [-0.39, 0.29) is 30.0 Å². The quantitative estimate of drug-likeness (QED) is 0.858. The van der Waals surface area contributed by atoms with Crippen molar-refractivity contribution in [2.24, 2.45) is 17.6 Å². The summed E-state index contributed by atoms with van der Waals surface area (Å²) in [6, 6.07) is 6.36. The highest BCUT2D eigenvalue weighted by Crippen LogP contribution is 2.39. The Balaban J connectivity index is 2.19. The summed E-state index contributed by atoms with van der Waals surface area (Å²) in [7, 11) is 0. The van der Waals surface area contributed by atoms with Gasteiger partial charge in [-0.05, 0) is 37.5 Å². The Kier molecular flexibility index (Phi) is 3.50. The molecule has 94 valence electrons. The zero-order chi connectivity index (χ0) is 12.6. The highest BCUT2D eigenvalue weighted by atomic mass is 19.1. The van der Waals surface area contributed by atoms with Crippen LogP contribution in [0.3, 0.4) is 0 Å². The Bertz CT molecular complexity index is 378. The van der Waals surface area contributed by atoms with Gasteiger partial charge in [-0.2, -0.15) is 0 Å². The van der Waals surface area contributed by atoms with E-state index in [0.717, 1.165) is 5.56 Å². The molecule has 1 saturated heterocycles. The van der Waals surface area contributed by atoms with Crippen LogP contribution in [0.25, 0.3) is 0 Å². The summed E-state index contributed by atoms with van der Waals surface area (Å²) in [4.78, 5) is 0. The van der Waals surface area contributed by atoms with E-state index >= 15 is 0 Å². The average Bonchev–Trinajstić information content (AvgIpc) is 2.53. The van der Waals surface area contributed by atoms with Crippen molar-refractivity contribution >= 4 is 0 Å². The fraction of sp³-hybridized carbons (Fsp3) is 0.571. The average molecular weight is 237 g/mol. The van der Waals surface area contributed by atoms with Crippen LogP contribution in [-0.4, -0.2) is 12.2 Å². The van der Waals surface area contributed by atoms with E-state index in [1.807, 2.05) is 0 Å². The molecule has 1 fully saturated rings. The summed E-state index contributed by atoms with van der Waals surface area (Å²) in [6.45, 7) is 6.31. The van der Waals surface area contributed by atoms with Crippen molar-refractivity contribution in [3.05, 3.63) is 35.6 Å². The van der Waals surface area contributed by atoms with Gasteiger partial charge >= 0.3 is 0 Å². The third-order valence-electron chi connectivity index (χ3n) is 3.99. The van der Waals surface area contributed by atoms with Gasteiger partial charge in [0.2, 0.25) is 0 Å². The summed E-state index contributed by atoms with van der Waals surface area (Å²) in [5.41, 5.74) is 7.27. The van der Waals surface area contributed by atoms with Crippen molar-refractivity contribution in [2.45, 2.75) is 39.0 Å². The number of hydrogen-bond donors (Lipinski definition) is 1. The molecular formula is C14H20FNO. The highest BCUT2D eigenvalue weighted by molar-refractivity contribution is 5.21. The molecule has 3 heteroatoms. The van der Waals surface area contributed by atoms with E-state index < -0.39 is 0 Å². The predicted octanol–water partition coefficient (Wildman–Crippen LogP) is 2.89. The maximum atomic E-state index is 12.9. The minimum Gasteiger partial charge on any atom is -0.375 e. The molecule has 2 N–H and O–H groups in total. The van der Waals surface area contributed by atoms with Gasteiger partial charge in [-0.15, -0.1) is 0 Å². The second kappa shape index (κ2) is 4.75. The van der Waals surface area contributed by atoms with Gasteiger partial charge in [0.1, 0.15) is 5.82 Å². The van der Waals surface area contributed by atoms with E-state index in [1.54, 1.807) is 12.1 Å². The Hall–Kier alpha value is -0.930. The Morgan fingerprint density at radius 3 is 2.18 bits per heavy atom. The molecular weight excluding hydrogens is 217 g/mol. The molecule has 0 radical (unpaired) electrons. The van der Waals surface area contributed by atoms with Crippen LogP contribution in [-0.2, 0) is 4.74 Å². The van der Waals surface area contributed by atoms with Crippen LogP contribution in [0.1, 0.15) is 32.4 Å².